The van der Waals surface area contributed by atoms with Gasteiger partial charge in [-0.05, 0) is 0 Å². The van der Waals surface area contributed by atoms with Gasteiger partial charge in [0.2, 0.25) is 0 Å². The van der Waals surface area contributed by atoms with Crippen LogP contribution < -0.4 is 0 Å². The molecule has 1 rings (SSSR count). The first-order chi connectivity index (χ1) is 5.54. The van der Waals surface area contributed by atoms with Crippen LogP contribution in [-0.2, 0) is 0 Å². The number of carbonyl (C=O) groups is 1. The van der Waals surface area contributed by atoms with Gasteiger partial charge >= 0.3 is 5.97 Å². The third kappa shape index (κ3) is 1.21. The van der Waals surface area contributed by atoms with Crippen molar-refractivity contribution in [3.8, 4) is 5.06 Å². The molecule has 1 heterocycles. The first-order valence-electron chi connectivity index (χ1n) is 2.72. The summed E-state index contributed by atoms with van der Waals surface area (Å²) in [7, 11) is 0. The summed E-state index contributed by atoms with van der Waals surface area (Å²) >= 11 is 0.621. The molecule has 0 saturated heterocycles. The molecular formula is C5H3NO5S. The lowest BCUT2D eigenvalue weighted by atomic mass is 10.3. The van der Waals surface area contributed by atoms with E-state index in [9.17, 15) is 14.9 Å². The predicted molar refractivity (Wildman–Crippen MR) is 39.6 cm³/mol. The third-order valence-electron chi connectivity index (χ3n) is 1.16. The predicted octanol–water partition coefficient (Wildman–Crippen LogP) is 1.06. The van der Waals surface area contributed by atoms with E-state index >= 15 is 0 Å². The molecule has 7 heteroatoms. The van der Waals surface area contributed by atoms with E-state index in [4.69, 9.17) is 10.2 Å². The van der Waals surface area contributed by atoms with Crippen LogP contribution in [0.2, 0.25) is 0 Å². The maximum Gasteiger partial charge on any atom is 0.347 e. The topological polar surface area (TPSA) is 101 Å². The van der Waals surface area contributed by atoms with Crippen LogP contribution in [0.4, 0.5) is 5.69 Å². The van der Waals surface area contributed by atoms with Gasteiger partial charge in [-0.15, -0.1) is 0 Å². The zero-order valence-electron chi connectivity index (χ0n) is 5.55. The Hall–Kier alpha value is -1.63. The molecule has 2 N–H and O–H groups in total. The minimum Gasteiger partial charge on any atom is -0.499 e. The van der Waals surface area contributed by atoms with Crippen LogP contribution in [0.5, 0.6) is 5.06 Å². The minimum atomic E-state index is -1.50. The van der Waals surface area contributed by atoms with Crippen molar-refractivity contribution >= 4 is 23.0 Å². The molecule has 64 valence electrons. The van der Waals surface area contributed by atoms with E-state index in [-0.39, 0.29) is 0 Å². The van der Waals surface area contributed by atoms with Gasteiger partial charge in [-0.3, -0.25) is 10.1 Å². The Balaban J connectivity index is 3.31. The van der Waals surface area contributed by atoms with Gasteiger partial charge in [-0.2, -0.15) is 0 Å². The van der Waals surface area contributed by atoms with Gasteiger partial charge in [-0.1, -0.05) is 11.3 Å². The summed E-state index contributed by atoms with van der Waals surface area (Å²) in [5, 5.41) is 27.9. The van der Waals surface area contributed by atoms with Gasteiger partial charge in [0.05, 0.1) is 10.3 Å². The summed E-state index contributed by atoms with van der Waals surface area (Å²) < 4.78 is 0. The van der Waals surface area contributed by atoms with Gasteiger partial charge in [0.15, 0.2) is 10.6 Å². The first kappa shape index (κ1) is 8.47. The van der Waals surface area contributed by atoms with Crippen LogP contribution in [0, 0.1) is 10.1 Å². The highest BCUT2D eigenvalue weighted by Gasteiger charge is 2.26. The number of hydrogen-bond donors (Lipinski definition) is 2. The maximum atomic E-state index is 10.4. The zero-order valence-corrected chi connectivity index (χ0v) is 6.37. The molecule has 0 aromatic carbocycles. The lowest BCUT2D eigenvalue weighted by molar-refractivity contribution is -0.384. The summed E-state index contributed by atoms with van der Waals surface area (Å²) in [5.41, 5.74) is -1.23. The van der Waals surface area contributed by atoms with Crippen LogP contribution in [0.15, 0.2) is 5.38 Å². The Morgan fingerprint density at radius 2 is 2.25 bits per heavy atom. The molecule has 0 atom stereocenters. The van der Waals surface area contributed by atoms with Gasteiger partial charge in [-0.25, -0.2) is 4.79 Å². The molecule has 0 fully saturated rings. The number of thiophene rings is 1. The Bertz CT molecular complexity index is 344. The van der Waals surface area contributed by atoms with Crippen molar-refractivity contribution < 1.29 is 19.9 Å². The van der Waals surface area contributed by atoms with Crippen molar-refractivity contribution in [2.75, 3.05) is 0 Å². The van der Waals surface area contributed by atoms with E-state index in [1.165, 1.54) is 0 Å². The molecule has 0 unspecified atom stereocenters. The average Bonchev–Trinajstić information content (AvgIpc) is 2.30. The molecule has 0 amide bonds. The fraction of sp³-hybridized carbons (Fsp3) is 0. The molecule has 12 heavy (non-hydrogen) atoms. The number of aromatic carboxylic acids is 1. The van der Waals surface area contributed by atoms with Crippen molar-refractivity contribution in [3.05, 3.63) is 21.1 Å². The fourth-order valence-corrected chi connectivity index (χ4v) is 1.41. The second-order valence-electron chi connectivity index (χ2n) is 1.86. The lowest BCUT2D eigenvalue weighted by Crippen LogP contribution is -1.99. The van der Waals surface area contributed by atoms with Crippen LogP contribution in [-0.4, -0.2) is 21.1 Å². The smallest absolute Gasteiger partial charge is 0.347 e. The number of nitro groups is 1. The second kappa shape index (κ2) is 2.78. The number of rotatable bonds is 2. The van der Waals surface area contributed by atoms with Crippen LogP contribution >= 0.6 is 11.3 Å². The highest BCUT2D eigenvalue weighted by molar-refractivity contribution is 7.12. The van der Waals surface area contributed by atoms with E-state index in [0.717, 1.165) is 5.38 Å². The van der Waals surface area contributed by atoms with E-state index < -0.39 is 27.2 Å². The quantitative estimate of drug-likeness (QED) is 0.535. The van der Waals surface area contributed by atoms with Gasteiger partial charge < -0.3 is 10.2 Å². The molecule has 6 nitrogen and oxygen atoms in total. The second-order valence-corrected chi connectivity index (χ2v) is 2.72. The number of aromatic hydroxyl groups is 1. The molecular weight excluding hydrogens is 186 g/mol. The lowest BCUT2D eigenvalue weighted by Gasteiger charge is -1.89. The summed E-state index contributed by atoms with van der Waals surface area (Å²) in [6, 6.07) is 0. The number of carboxylic acid groups (broad SMARTS) is 1. The van der Waals surface area contributed by atoms with E-state index in [0.29, 0.717) is 11.3 Å². The fourth-order valence-electron chi connectivity index (χ4n) is 0.674. The normalized spacial score (nSPS) is 9.67. The van der Waals surface area contributed by atoms with Gasteiger partial charge in [0, 0.05) is 0 Å². The molecule has 0 bridgehead atoms. The average molecular weight is 189 g/mol. The van der Waals surface area contributed by atoms with Crippen LogP contribution in [0.1, 0.15) is 10.4 Å². The SMILES string of the molecule is O=C(O)c1c([N+](=O)[O-])csc1O. The summed E-state index contributed by atoms with van der Waals surface area (Å²) in [5.74, 6) is -1.50. The molecule has 0 aliphatic rings. The van der Waals surface area contributed by atoms with E-state index in [1.54, 1.807) is 0 Å². The van der Waals surface area contributed by atoms with Crippen molar-refractivity contribution in [2.45, 2.75) is 0 Å². The van der Waals surface area contributed by atoms with Crippen LogP contribution in [0.25, 0.3) is 0 Å². The Morgan fingerprint density at radius 3 is 2.58 bits per heavy atom. The Kier molecular flexibility index (Phi) is 1.96. The van der Waals surface area contributed by atoms with Gasteiger partial charge in [0.1, 0.15) is 0 Å². The molecule has 0 spiro atoms. The number of hydrogen-bond acceptors (Lipinski definition) is 5. The minimum absolute atomic E-state index is 0.547. The monoisotopic (exact) mass is 189 g/mol. The molecule has 1 aromatic heterocycles. The highest BCUT2D eigenvalue weighted by Crippen LogP contribution is 2.34. The summed E-state index contributed by atoms with van der Waals surface area (Å²) in [6.45, 7) is 0. The molecule has 0 aliphatic carbocycles. The Morgan fingerprint density at radius 1 is 1.67 bits per heavy atom. The summed E-state index contributed by atoms with van der Waals surface area (Å²) in [4.78, 5) is 19.7. The van der Waals surface area contributed by atoms with E-state index in [2.05, 4.69) is 0 Å². The largest absolute Gasteiger partial charge is 0.499 e. The first-order valence-corrected chi connectivity index (χ1v) is 3.60. The van der Waals surface area contributed by atoms with Crippen molar-refractivity contribution in [2.24, 2.45) is 0 Å². The summed E-state index contributed by atoms with van der Waals surface area (Å²) in [6.07, 6.45) is 0. The molecule has 0 saturated carbocycles. The standard InChI is InChI=1S/C5H3NO5S/c7-4(8)3-2(6(10)11)1-12-5(3)9/h1,9H,(H,7,8). The number of carboxylic acids is 1. The van der Waals surface area contributed by atoms with Crippen LogP contribution in [0.3, 0.4) is 0 Å². The molecule has 0 radical (unpaired) electrons. The van der Waals surface area contributed by atoms with Crippen molar-refractivity contribution in [1.82, 2.24) is 0 Å². The number of nitrogens with zero attached hydrogens (tertiary/aromatic N) is 1. The third-order valence-corrected chi connectivity index (χ3v) is 1.93. The Labute approximate surface area is 69.8 Å². The molecule has 1 aromatic rings. The zero-order chi connectivity index (χ0) is 9.30. The molecule has 0 aliphatic heterocycles. The van der Waals surface area contributed by atoms with E-state index in [1.807, 2.05) is 0 Å². The maximum absolute atomic E-state index is 10.4. The van der Waals surface area contributed by atoms with Crippen molar-refractivity contribution in [1.29, 1.82) is 0 Å². The van der Waals surface area contributed by atoms with Gasteiger partial charge in [0.25, 0.3) is 5.69 Å². The highest BCUT2D eigenvalue weighted by atomic mass is 32.1. The van der Waals surface area contributed by atoms with Crippen molar-refractivity contribution in [3.63, 3.8) is 0 Å².